The van der Waals surface area contributed by atoms with E-state index < -0.39 is 7.60 Å². The molecule has 0 aliphatic heterocycles. The van der Waals surface area contributed by atoms with Crippen molar-refractivity contribution >= 4 is 13.7 Å². The first kappa shape index (κ1) is 14.0. The summed E-state index contributed by atoms with van der Waals surface area (Å²) in [4.78, 5) is 0. The SMILES string of the molecule is CCOP(=O)(C=Cc1ccc(O)cc1)OCC. The van der Waals surface area contributed by atoms with Gasteiger partial charge in [-0.05, 0) is 37.6 Å². The van der Waals surface area contributed by atoms with E-state index in [1.165, 1.54) is 5.82 Å². The lowest BCUT2D eigenvalue weighted by atomic mass is 10.2. The fourth-order valence-corrected chi connectivity index (χ4v) is 2.57. The molecule has 0 spiro atoms. The number of hydrogen-bond donors (Lipinski definition) is 1. The predicted molar refractivity (Wildman–Crippen MR) is 68.0 cm³/mol. The van der Waals surface area contributed by atoms with Crippen molar-refractivity contribution in [1.82, 2.24) is 0 Å². The molecule has 0 aliphatic carbocycles. The van der Waals surface area contributed by atoms with Gasteiger partial charge in [0.25, 0.3) is 0 Å². The zero-order valence-electron chi connectivity index (χ0n) is 10.00. The maximum absolute atomic E-state index is 12.1. The predicted octanol–water partition coefficient (Wildman–Crippen LogP) is 3.63. The molecule has 0 saturated heterocycles. The number of phenolic OH excluding ortho intramolecular Hbond substituents is 1. The average Bonchev–Trinajstić information content (AvgIpc) is 2.29. The topological polar surface area (TPSA) is 55.8 Å². The number of aromatic hydroxyl groups is 1. The smallest absolute Gasteiger partial charge is 0.354 e. The van der Waals surface area contributed by atoms with E-state index in [2.05, 4.69) is 0 Å². The molecule has 0 atom stereocenters. The van der Waals surface area contributed by atoms with Crippen LogP contribution in [0.3, 0.4) is 0 Å². The normalized spacial score (nSPS) is 12.1. The fourth-order valence-electron chi connectivity index (χ4n) is 1.25. The molecule has 94 valence electrons. The van der Waals surface area contributed by atoms with Gasteiger partial charge in [0.05, 0.1) is 13.2 Å². The molecule has 4 nitrogen and oxygen atoms in total. The Bertz CT molecular complexity index is 401. The second kappa shape index (κ2) is 6.60. The summed E-state index contributed by atoms with van der Waals surface area (Å²) < 4.78 is 22.3. The summed E-state index contributed by atoms with van der Waals surface area (Å²) in [5.41, 5.74) is 0.822. The molecule has 1 N–H and O–H groups in total. The molecule has 0 bridgehead atoms. The molecule has 0 fully saturated rings. The minimum atomic E-state index is -3.14. The molecule has 0 aromatic heterocycles. The highest BCUT2D eigenvalue weighted by molar-refractivity contribution is 7.57. The van der Waals surface area contributed by atoms with Crippen molar-refractivity contribution in [2.75, 3.05) is 13.2 Å². The molecule has 17 heavy (non-hydrogen) atoms. The number of rotatable bonds is 6. The monoisotopic (exact) mass is 256 g/mol. The highest BCUT2D eigenvalue weighted by Gasteiger charge is 2.18. The van der Waals surface area contributed by atoms with Crippen LogP contribution in [-0.2, 0) is 13.6 Å². The summed E-state index contributed by atoms with van der Waals surface area (Å²) in [6, 6.07) is 6.56. The van der Waals surface area contributed by atoms with Crippen LogP contribution < -0.4 is 0 Å². The quantitative estimate of drug-likeness (QED) is 0.789. The zero-order valence-corrected chi connectivity index (χ0v) is 10.9. The third kappa shape index (κ3) is 4.73. The summed E-state index contributed by atoms with van der Waals surface area (Å²) in [6.45, 7) is 4.19. The molecular formula is C12H17O4P. The van der Waals surface area contributed by atoms with Crippen LogP contribution in [0, 0.1) is 0 Å². The van der Waals surface area contributed by atoms with Gasteiger partial charge >= 0.3 is 7.60 Å². The van der Waals surface area contributed by atoms with E-state index in [0.29, 0.717) is 13.2 Å². The van der Waals surface area contributed by atoms with Crippen molar-refractivity contribution in [2.24, 2.45) is 0 Å². The van der Waals surface area contributed by atoms with E-state index in [0.717, 1.165) is 5.56 Å². The molecule has 0 saturated carbocycles. The van der Waals surface area contributed by atoms with E-state index in [-0.39, 0.29) is 5.75 Å². The highest BCUT2D eigenvalue weighted by Crippen LogP contribution is 2.50. The summed E-state index contributed by atoms with van der Waals surface area (Å²) in [5.74, 6) is 1.63. The number of phenols is 1. The molecule has 0 aliphatic rings. The standard InChI is InChI=1S/C12H17O4P/c1-3-15-17(14,16-4-2)10-9-11-5-7-12(13)8-6-11/h5-10,13H,3-4H2,1-2H3. The first-order chi connectivity index (χ1) is 8.09. The first-order valence-corrected chi connectivity index (χ1v) is 7.08. The van der Waals surface area contributed by atoms with Gasteiger partial charge in [0, 0.05) is 5.82 Å². The third-order valence-electron chi connectivity index (χ3n) is 1.96. The molecule has 1 aromatic carbocycles. The maximum Gasteiger partial charge on any atom is 0.354 e. The van der Waals surface area contributed by atoms with E-state index in [1.807, 2.05) is 0 Å². The van der Waals surface area contributed by atoms with Crippen LogP contribution in [0.15, 0.2) is 30.1 Å². The van der Waals surface area contributed by atoms with Crippen molar-refractivity contribution in [3.8, 4) is 5.75 Å². The second-order valence-electron chi connectivity index (χ2n) is 3.28. The lowest BCUT2D eigenvalue weighted by Gasteiger charge is -2.12. The van der Waals surface area contributed by atoms with Crippen LogP contribution in [0.1, 0.15) is 19.4 Å². The Hall–Kier alpha value is -1.09. The molecular weight excluding hydrogens is 239 g/mol. The lowest BCUT2D eigenvalue weighted by Crippen LogP contribution is -1.92. The maximum atomic E-state index is 12.1. The Labute approximate surface area is 101 Å². The Morgan fingerprint density at radius 3 is 2.18 bits per heavy atom. The highest BCUT2D eigenvalue weighted by atomic mass is 31.2. The first-order valence-electron chi connectivity index (χ1n) is 5.46. The largest absolute Gasteiger partial charge is 0.508 e. The molecule has 0 heterocycles. The van der Waals surface area contributed by atoms with Crippen molar-refractivity contribution in [2.45, 2.75) is 13.8 Å². The summed E-state index contributed by atoms with van der Waals surface area (Å²) in [6.07, 6.45) is 1.66. The van der Waals surface area contributed by atoms with Crippen LogP contribution in [0.25, 0.3) is 6.08 Å². The third-order valence-corrected chi connectivity index (χ3v) is 3.71. The summed E-state index contributed by atoms with van der Waals surface area (Å²) in [5, 5.41) is 9.12. The van der Waals surface area contributed by atoms with Gasteiger partial charge in [0.1, 0.15) is 5.75 Å². The average molecular weight is 256 g/mol. The van der Waals surface area contributed by atoms with E-state index in [9.17, 15) is 4.57 Å². The second-order valence-corrected chi connectivity index (χ2v) is 5.18. The van der Waals surface area contributed by atoms with Crippen LogP contribution in [0.5, 0.6) is 5.75 Å². The van der Waals surface area contributed by atoms with Gasteiger partial charge in [-0.3, -0.25) is 4.57 Å². The van der Waals surface area contributed by atoms with Crippen LogP contribution in [0.4, 0.5) is 0 Å². The Balaban J connectivity index is 2.79. The van der Waals surface area contributed by atoms with E-state index >= 15 is 0 Å². The van der Waals surface area contributed by atoms with Gasteiger partial charge in [-0.15, -0.1) is 0 Å². The van der Waals surface area contributed by atoms with Gasteiger partial charge in [0.2, 0.25) is 0 Å². The van der Waals surface area contributed by atoms with Gasteiger partial charge in [-0.1, -0.05) is 12.1 Å². The Morgan fingerprint density at radius 2 is 1.71 bits per heavy atom. The van der Waals surface area contributed by atoms with Crippen molar-refractivity contribution in [1.29, 1.82) is 0 Å². The Kier molecular flexibility index (Phi) is 5.42. The zero-order chi connectivity index (χ0) is 12.7. The van der Waals surface area contributed by atoms with Crippen molar-refractivity contribution in [3.63, 3.8) is 0 Å². The summed E-state index contributed by atoms with van der Waals surface area (Å²) >= 11 is 0. The molecule has 1 rings (SSSR count). The fraction of sp³-hybridized carbons (Fsp3) is 0.333. The Morgan fingerprint density at radius 1 is 1.18 bits per heavy atom. The molecule has 5 heteroatoms. The van der Waals surface area contributed by atoms with Gasteiger partial charge < -0.3 is 14.2 Å². The van der Waals surface area contributed by atoms with Gasteiger partial charge in [0.15, 0.2) is 0 Å². The number of benzene rings is 1. The van der Waals surface area contributed by atoms with Gasteiger partial charge in [-0.2, -0.15) is 0 Å². The van der Waals surface area contributed by atoms with Crippen molar-refractivity contribution < 1.29 is 18.7 Å². The van der Waals surface area contributed by atoms with E-state index in [4.69, 9.17) is 14.2 Å². The van der Waals surface area contributed by atoms with Crippen molar-refractivity contribution in [3.05, 3.63) is 35.6 Å². The number of hydrogen-bond acceptors (Lipinski definition) is 4. The summed E-state index contributed by atoms with van der Waals surface area (Å²) in [7, 11) is -3.14. The van der Waals surface area contributed by atoms with Crippen LogP contribution >= 0.6 is 7.60 Å². The molecule has 0 amide bonds. The van der Waals surface area contributed by atoms with Crippen LogP contribution in [-0.4, -0.2) is 18.3 Å². The van der Waals surface area contributed by atoms with Gasteiger partial charge in [-0.25, -0.2) is 0 Å². The van der Waals surface area contributed by atoms with E-state index in [1.54, 1.807) is 44.2 Å². The lowest BCUT2D eigenvalue weighted by molar-refractivity contribution is 0.229. The molecule has 1 aromatic rings. The molecule has 0 radical (unpaired) electrons. The molecule has 0 unspecified atom stereocenters. The van der Waals surface area contributed by atoms with Crippen LogP contribution in [0.2, 0.25) is 0 Å². The minimum Gasteiger partial charge on any atom is -0.508 e. The minimum absolute atomic E-state index is 0.194.